The van der Waals surface area contributed by atoms with E-state index in [0.717, 1.165) is 42.3 Å². The molecule has 0 radical (unpaired) electrons. The van der Waals surface area contributed by atoms with Crippen molar-refractivity contribution in [3.63, 3.8) is 0 Å². The average Bonchev–Trinajstić information content (AvgIpc) is 2.87. The number of hydrogen-bond acceptors (Lipinski definition) is 4. The molecule has 100 valence electrons. The zero-order valence-electron chi connectivity index (χ0n) is 11.2. The lowest BCUT2D eigenvalue weighted by Gasteiger charge is -2.22. The molecule has 1 atom stereocenters. The minimum Gasteiger partial charge on any atom is -0.316 e. The third kappa shape index (κ3) is 2.98. The zero-order chi connectivity index (χ0) is 13.1. The maximum atomic E-state index is 4.39. The average molecular weight is 257 g/mol. The molecule has 5 nitrogen and oxygen atoms in total. The van der Waals surface area contributed by atoms with Crippen LogP contribution in [0.3, 0.4) is 0 Å². The van der Waals surface area contributed by atoms with Gasteiger partial charge in [-0.05, 0) is 57.3 Å². The number of nitrogens with one attached hydrogen (secondary N) is 2. The second-order valence-electron chi connectivity index (χ2n) is 5.25. The predicted molar refractivity (Wildman–Crippen MR) is 73.6 cm³/mol. The van der Waals surface area contributed by atoms with E-state index in [0.29, 0.717) is 5.92 Å². The molecule has 1 fully saturated rings. The van der Waals surface area contributed by atoms with Gasteiger partial charge in [-0.1, -0.05) is 0 Å². The molecule has 0 amide bonds. The van der Waals surface area contributed by atoms with Crippen LogP contribution >= 0.6 is 0 Å². The van der Waals surface area contributed by atoms with Crippen molar-refractivity contribution in [3.05, 3.63) is 29.8 Å². The summed E-state index contributed by atoms with van der Waals surface area (Å²) in [6, 6.07) is 4.07. The van der Waals surface area contributed by atoms with Crippen LogP contribution in [0.25, 0.3) is 11.4 Å². The lowest BCUT2D eigenvalue weighted by Crippen LogP contribution is -2.31. The summed E-state index contributed by atoms with van der Waals surface area (Å²) in [7, 11) is 0. The Balaban J connectivity index is 1.75. The molecule has 0 aromatic carbocycles. The van der Waals surface area contributed by atoms with Crippen LogP contribution in [0.15, 0.2) is 18.5 Å². The highest BCUT2D eigenvalue weighted by Gasteiger charge is 2.15. The third-order valence-corrected chi connectivity index (χ3v) is 3.59. The van der Waals surface area contributed by atoms with Gasteiger partial charge >= 0.3 is 0 Å². The Labute approximate surface area is 112 Å². The summed E-state index contributed by atoms with van der Waals surface area (Å²) < 4.78 is 0. The summed E-state index contributed by atoms with van der Waals surface area (Å²) in [5.41, 5.74) is 3.95. The van der Waals surface area contributed by atoms with E-state index >= 15 is 0 Å². The first-order valence-electron chi connectivity index (χ1n) is 6.85. The first-order valence-corrected chi connectivity index (χ1v) is 6.85. The minimum atomic E-state index is 0.692. The van der Waals surface area contributed by atoms with Crippen molar-refractivity contribution in [3.8, 4) is 11.4 Å². The highest BCUT2D eigenvalue weighted by atomic mass is 15.1. The minimum absolute atomic E-state index is 0.692. The van der Waals surface area contributed by atoms with Gasteiger partial charge in [0.1, 0.15) is 12.0 Å². The van der Waals surface area contributed by atoms with Gasteiger partial charge in [-0.15, -0.1) is 0 Å². The van der Waals surface area contributed by atoms with Crippen molar-refractivity contribution < 1.29 is 0 Å². The van der Waals surface area contributed by atoms with E-state index in [1.54, 1.807) is 6.33 Å². The lowest BCUT2D eigenvalue weighted by atomic mass is 9.94. The summed E-state index contributed by atoms with van der Waals surface area (Å²) in [6.45, 7) is 4.24. The molecule has 3 rings (SSSR count). The van der Waals surface area contributed by atoms with E-state index in [9.17, 15) is 0 Å². The summed E-state index contributed by atoms with van der Waals surface area (Å²) in [4.78, 5) is 8.70. The Hall–Kier alpha value is -1.75. The van der Waals surface area contributed by atoms with Crippen molar-refractivity contribution in [2.24, 2.45) is 5.92 Å². The molecule has 2 aromatic rings. The number of rotatable bonds is 3. The Bertz CT molecular complexity index is 542. The molecule has 1 aliphatic heterocycles. The van der Waals surface area contributed by atoms with Crippen LogP contribution in [0.5, 0.6) is 0 Å². The van der Waals surface area contributed by atoms with Crippen LogP contribution in [0.1, 0.15) is 24.2 Å². The van der Waals surface area contributed by atoms with E-state index in [1.165, 1.54) is 12.8 Å². The number of H-pyrrole nitrogens is 1. The lowest BCUT2D eigenvalue weighted by molar-refractivity contribution is 0.373. The van der Waals surface area contributed by atoms with Crippen LogP contribution in [-0.4, -0.2) is 33.3 Å². The quantitative estimate of drug-likeness (QED) is 0.878. The molecule has 0 bridgehead atoms. The number of aromatic nitrogens is 4. The first kappa shape index (κ1) is 12.3. The molecule has 0 unspecified atom stereocenters. The van der Waals surface area contributed by atoms with Crippen molar-refractivity contribution in [1.29, 1.82) is 0 Å². The fourth-order valence-corrected chi connectivity index (χ4v) is 2.59. The topological polar surface area (TPSA) is 66.5 Å². The Morgan fingerprint density at radius 2 is 2.21 bits per heavy atom. The summed E-state index contributed by atoms with van der Waals surface area (Å²) in [6.07, 6.45) is 5.21. The van der Waals surface area contributed by atoms with Crippen LogP contribution in [0.2, 0.25) is 0 Å². The van der Waals surface area contributed by atoms with E-state index < -0.39 is 0 Å². The maximum Gasteiger partial charge on any atom is 0.116 e. The van der Waals surface area contributed by atoms with Crippen LogP contribution < -0.4 is 5.32 Å². The van der Waals surface area contributed by atoms with E-state index in [1.807, 2.05) is 13.0 Å². The Morgan fingerprint density at radius 3 is 2.95 bits per heavy atom. The monoisotopic (exact) mass is 257 g/mol. The second kappa shape index (κ2) is 5.48. The van der Waals surface area contributed by atoms with Gasteiger partial charge in [0.05, 0.1) is 5.69 Å². The molecule has 2 aromatic heterocycles. The number of aromatic amines is 1. The largest absolute Gasteiger partial charge is 0.316 e. The summed E-state index contributed by atoms with van der Waals surface area (Å²) >= 11 is 0. The van der Waals surface area contributed by atoms with Gasteiger partial charge in [0, 0.05) is 11.4 Å². The highest BCUT2D eigenvalue weighted by molar-refractivity contribution is 5.54. The molecule has 0 spiro atoms. The Kier molecular flexibility index (Phi) is 3.55. The highest BCUT2D eigenvalue weighted by Crippen LogP contribution is 2.19. The van der Waals surface area contributed by atoms with Crippen molar-refractivity contribution in [2.45, 2.75) is 26.2 Å². The molecule has 3 heterocycles. The zero-order valence-corrected chi connectivity index (χ0v) is 11.2. The molecule has 2 N–H and O–H groups in total. The molecular formula is C14H19N5. The number of aryl methyl sites for hydroxylation is 1. The molecule has 19 heavy (non-hydrogen) atoms. The molecule has 5 heteroatoms. The number of nitrogens with zero attached hydrogens (tertiary/aromatic N) is 3. The smallest absolute Gasteiger partial charge is 0.116 e. The predicted octanol–water partition coefficient (Wildman–Crippen LogP) is 1.72. The fourth-order valence-electron chi connectivity index (χ4n) is 2.59. The molecule has 1 saturated heterocycles. The van der Waals surface area contributed by atoms with Gasteiger partial charge in [-0.25, -0.2) is 9.97 Å². The van der Waals surface area contributed by atoms with Crippen molar-refractivity contribution in [2.75, 3.05) is 13.1 Å². The number of hydrogen-bond donors (Lipinski definition) is 2. The van der Waals surface area contributed by atoms with Gasteiger partial charge in [0.15, 0.2) is 0 Å². The van der Waals surface area contributed by atoms with Gasteiger partial charge in [-0.2, -0.15) is 5.10 Å². The van der Waals surface area contributed by atoms with Gasteiger partial charge in [-0.3, -0.25) is 5.10 Å². The second-order valence-corrected chi connectivity index (χ2v) is 5.25. The standard InChI is InChI=1S/C14H19N5/c1-10-5-14(19-18-10)13-7-12(16-9-17-13)6-11-3-2-4-15-8-11/h5,7,9,11,15H,2-4,6,8H2,1H3,(H,18,19)/t11-/m0/s1. The fraction of sp³-hybridized carbons (Fsp3) is 0.500. The van der Waals surface area contributed by atoms with Gasteiger partial charge < -0.3 is 5.32 Å². The molecule has 0 aliphatic carbocycles. The maximum absolute atomic E-state index is 4.39. The van der Waals surface area contributed by atoms with E-state index in [2.05, 4.69) is 31.5 Å². The van der Waals surface area contributed by atoms with Crippen molar-refractivity contribution in [1.82, 2.24) is 25.5 Å². The molecule has 0 saturated carbocycles. The third-order valence-electron chi connectivity index (χ3n) is 3.59. The molecule has 1 aliphatic rings. The van der Waals surface area contributed by atoms with Crippen LogP contribution in [-0.2, 0) is 6.42 Å². The van der Waals surface area contributed by atoms with Crippen LogP contribution in [0.4, 0.5) is 0 Å². The number of piperidine rings is 1. The van der Waals surface area contributed by atoms with E-state index in [-0.39, 0.29) is 0 Å². The van der Waals surface area contributed by atoms with Crippen molar-refractivity contribution >= 4 is 0 Å². The normalized spacial score (nSPS) is 19.5. The SMILES string of the molecule is Cc1cc(-c2cc(C[C@@H]3CCCNC3)ncn2)n[nH]1. The van der Waals surface area contributed by atoms with Gasteiger partial charge in [0.2, 0.25) is 0 Å². The summed E-state index contributed by atoms with van der Waals surface area (Å²) in [5.74, 6) is 0.692. The van der Waals surface area contributed by atoms with Crippen LogP contribution in [0, 0.1) is 12.8 Å². The first-order chi connectivity index (χ1) is 9.31. The van der Waals surface area contributed by atoms with E-state index in [4.69, 9.17) is 0 Å². The summed E-state index contributed by atoms with van der Waals surface area (Å²) in [5, 5.41) is 10.6. The molecular weight excluding hydrogens is 238 g/mol. The Morgan fingerprint density at radius 1 is 1.26 bits per heavy atom. The van der Waals surface area contributed by atoms with Gasteiger partial charge in [0.25, 0.3) is 0 Å².